The molecule has 0 aliphatic carbocycles. The van der Waals surface area contributed by atoms with Gasteiger partial charge in [0.1, 0.15) is 5.82 Å². The highest BCUT2D eigenvalue weighted by Gasteiger charge is 2.32. The lowest BCUT2D eigenvalue weighted by Gasteiger charge is -2.23. The number of alkyl halides is 3. The van der Waals surface area contributed by atoms with Gasteiger partial charge < -0.3 is 10.6 Å². The molecule has 156 valence electrons. The number of halogens is 4. The van der Waals surface area contributed by atoms with Crippen LogP contribution in [0.2, 0.25) is 0 Å². The van der Waals surface area contributed by atoms with Gasteiger partial charge in [-0.2, -0.15) is 13.2 Å². The van der Waals surface area contributed by atoms with Gasteiger partial charge in [0.2, 0.25) is 5.91 Å². The predicted octanol–water partition coefficient (Wildman–Crippen LogP) is 5.20. The van der Waals surface area contributed by atoms with Crippen molar-refractivity contribution in [1.82, 2.24) is 10.3 Å². The zero-order chi connectivity index (χ0) is 21.7. The Kier molecular flexibility index (Phi) is 6.34. The Bertz CT molecular complexity index is 1010. The predicted molar refractivity (Wildman–Crippen MR) is 106 cm³/mol. The summed E-state index contributed by atoms with van der Waals surface area (Å²) in [7, 11) is 0. The lowest BCUT2D eigenvalue weighted by atomic mass is 9.93. The first-order valence-corrected chi connectivity index (χ1v) is 9.12. The fraction of sp³-hybridized carbons (Fsp3) is 0.182. The molecule has 1 atom stereocenters. The van der Waals surface area contributed by atoms with Crippen LogP contribution in [0.1, 0.15) is 24.1 Å². The van der Waals surface area contributed by atoms with Gasteiger partial charge in [-0.05, 0) is 65.2 Å². The monoisotopic (exact) mass is 417 g/mol. The Morgan fingerprint density at radius 3 is 2.30 bits per heavy atom. The molecule has 0 fully saturated rings. The number of pyridine rings is 1. The minimum atomic E-state index is -4.50. The van der Waals surface area contributed by atoms with Crippen LogP contribution in [-0.4, -0.2) is 17.4 Å². The van der Waals surface area contributed by atoms with Crippen LogP contribution < -0.4 is 10.6 Å². The number of amides is 1. The van der Waals surface area contributed by atoms with Crippen molar-refractivity contribution in [3.63, 3.8) is 0 Å². The second kappa shape index (κ2) is 8.94. The van der Waals surface area contributed by atoms with Gasteiger partial charge in [0.15, 0.2) is 0 Å². The molecule has 2 N–H and O–H groups in total. The van der Waals surface area contributed by atoms with E-state index in [1.165, 1.54) is 49.6 Å². The van der Waals surface area contributed by atoms with E-state index in [4.69, 9.17) is 0 Å². The second-order valence-electron chi connectivity index (χ2n) is 6.68. The number of aromatic nitrogens is 1. The minimum absolute atomic E-state index is 0.189. The largest absolute Gasteiger partial charge is 0.416 e. The third-order valence-corrected chi connectivity index (χ3v) is 4.48. The number of nitrogens with one attached hydrogen (secondary N) is 2. The molecular weight excluding hydrogens is 398 g/mol. The van der Waals surface area contributed by atoms with E-state index >= 15 is 0 Å². The summed E-state index contributed by atoms with van der Waals surface area (Å²) in [5.41, 5.74) is 1.23. The number of carbonyl (C=O) groups is 1. The fourth-order valence-corrected chi connectivity index (χ4v) is 3.09. The van der Waals surface area contributed by atoms with Gasteiger partial charge in [-0.25, -0.2) is 4.39 Å². The van der Waals surface area contributed by atoms with Crippen LogP contribution in [0.4, 0.5) is 23.2 Å². The summed E-state index contributed by atoms with van der Waals surface area (Å²) in [6, 6.07) is 11.7. The number of carbonyl (C=O) groups excluding carboxylic acids is 1. The molecule has 0 aliphatic rings. The molecule has 0 saturated carbocycles. The molecule has 0 aliphatic heterocycles. The summed E-state index contributed by atoms with van der Waals surface area (Å²) >= 11 is 0. The smallest absolute Gasteiger partial charge is 0.383 e. The number of hydrogen-bond donors (Lipinski definition) is 2. The second-order valence-corrected chi connectivity index (χ2v) is 6.68. The first-order chi connectivity index (χ1) is 14.2. The Balaban J connectivity index is 2.00. The molecule has 0 saturated heterocycles. The maximum atomic E-state index is 13.3. The van der Waals surface area contributed by atoms with Crippen molar-refractivity contribution in [3.8, 4) is 11.1 Å². The van der Waals surface area contributed by atoms with Gasteiger partial charge in [0.05, 0.1) is 11.6 Å². The topological polar surface area (TPSA) is 54.0 Å². The van der Waals surface area contributed by atoms with Gasteiger partial charge in [0.25, 0.3) is 0 Å². The number of rotatable bonds is 6. The van der Waals surface area contributed by atoms with Gasteiger partial charge in [-0.15, -0.1) is 0 Å². The van der Waals surface area contributed by atoms with Crippen LogP contribution in [0.3, 0.4) is 0 Å². The molecule has 0 bridgehead atoms. The van der Waals surface area contributed by atoms with Gasteiger partial charge in [-0.3, -0.25) is 9.78 Å². The van der Waals surface area contributed by atoms with Crippen molar-refractivity contribution >= 4 is 11.6 Å². The van der Waals surface area contributed by atoms with Crippen molar-refractivity contribution in [2.75, 3.05) is 11.9 Å². The molecule has 1 unspecified atom stereocenters. The van der Waals surface area contributed by atoms with Crippen LogP contribution >= 0.6 is 0 Å². The Morgan fingerprint density at radius 1 is 1.03 bits per heavy atom. The van der Waals surface area contributed by atoms with Crippen LogP contribution in [-0.2, 0) is 11.0 Å². The summed E-state index contributed by atoms with van der Waals surface area (Å²) in [4.78, 5) is 15.7. The van der Waals surface area contributed by atoms with Crippen LogP contribution in [0.5, 0.6) is 0 Å². The van der Waals surface area contributed by atoms with Crippen LogP contribution in [0, 0.1) is 5.82 Å². The molecule has 3 rings (SSSR count). The first kappa shape index (κ1) is 21.3. The number of anilines is 1. The van der Waals surface area contributed by atoms with E-state index in [0.29, 0.717) is 22.4 Å². The van der Waals surface area contributed by atoms with E-state index < -0.39 is 17.8 Å². The normalized spacial score (nSPS) is 12.3. The fourth-order valence-electron chi connectivity index (χ4n) is 3.09. The summed E-state index contributed by atoms with van der Waals surface area (Å²) in [5.74, 6) is -0.719. The van der Waals surface area contributed by atoms with E-state index in [0.717, 1.165) is 12.1 Å². The van der Waals surface area contributed by atoms with Crippen LogP contribution in [0.25, 0.3) is 11.1 Å². The minimum Gasteiger partial charge on any atom is -0.383 e. The maximum Gasteiger partial charge on any atom is 0.416 e. The Hall–Kier alpha value is -3.42. The highest BCUT2D eigenvalue weighted by atomic mass is 19.4. The summed E-state index contributed by atoms with van der Waals surface area (Å²) in [6.45, 7) is 1.52. The number of nitrogens with zero attached hydrogens (tertiary/aromatic N) is 1. The van der Waals surface area contributed by atoms with E-state index in [1.54, 1.807) is 12.1 Å². The third kappa shape index (κ3) is 5.34. The molecule has 2 aromatic carbocycles. The molecule has 1 heterocycles. The standard InChI is InChI=1S/C22H19F4N3O/c1-14(30)29-21(13-28-18-5-3-17(23)4-6-18)19-7-2-16(22(24,25)26)12-20(19)15-8-10-27-11-9-15/h2-12,21,28H,13H2,1H3,(H,29,30). The lowest BCUT2D eigenvalue weighted by molar-refractivity contribution is -0.137. The Morgan fingerprint density at radius 2 is 1.70 bits per heavy atom. The first-order valence-electron chi connectivity index (χ1n) is 9.12. The molecule has 1 aromatic heterocycles. The average Bonchev–Trinajstić information content (AvgIpc) is 2.71. The maximum absolute atomic E-state index is 13.3. The van der Waals surface area contributed by atoms with Gasteiger partial charge in [0, 0.05) is 31.5 Å². The summed E-state index contributed by atoms with van der Waals surface area (Å²) in [6.07, 6.45) is -1.52. The summed E-state index contributed by atoms with van der Waals surface area (Å²) in [5, 5.41) is 5.86. The molecular formula is C22H19F4N3O. The zero-order valence-electron chi connectivity index (χ0n) is 16.0. The van der Waals surface area contributed by atoms with E-state index in [1.807, 2.05) is 0 Å². The summed E-state index contributed by atoms with van der Waals surface area (Å²) < 4.78 is 53.0. The van der Waals surface area contributed by atoms with Gasteiger partial charge >= 0.3 is 6.18 Å². The molecule has 8 heteroatoms. The highest BCUT2D eigenvalue weighted by Crippen LogP contribution is 2.36. The van der Waals surface area contributed by atoms with Crippen molar-refractivity contribution in [1.29, 1.82) is 0 Å². The number of benzene rings is 2. The quantitative estimate of drug-likeness (QED) is 0.543. The Labute approximate surface area is 171 Å². The molecule has 1 amide bonds. The SMILES string of the molecule is CC(=O)NC(CNc1ccc(F)cc1)c1ccc(C(F)(F)F)cc1-c1ccncc1. The third-order valence-electron chi connectivity index (χ3n) is 4.48. The van der Waals surface area contributed by atoms with Crippen LogP contribution in [0.15, 0.2) is 67.0 Å². The average molecular weight is 417 g/mol. The van der Waals surface area contributed by atoms with E-state index in [9.17, 15) is 22.4 Å². The van der Waals surface area contributed by atoms with Crippen molar-refractivity contribution < 1.29 is 22.4 Å². The molecule has 30 heavy (non-hydrogen) atoms. The zero-order valence-corrected chi connectivity index (χ0v) is 16.0. The van der Waals surface area contributed by atoms with Crippen molar-refractivity contribution in [2.45, 2.75) is 19.1 Å². The molecule has 3 aromatic rings. The molecule has 0 radical (unpaired) electrons. The highest BCUT2D eigenvalue weighted by molar-refractivity contribution is 5.75. The van der Waals surface area contributed by atoms with E-state index in [2.05, 4.69) is 15.6 Å². The van der Waals surface area contributed by atoms with Crippen molar-refractivity contribution in [2.24, 2.45) is 0 Å². The van der Waals surface area contributed by atoms with Gasteiger partial charge in [-0.1, -0.05) is 6.07 Å². The lowest BCUT2D eigenvalue weighted by Crippen LogP contribution is -2.31. The van der Waals surface area contributed by atoms with Crippen molar-refractivity contribution in [3.05, 3.63) is 83.9 Å². The van der Waals surface area contributed by atoms with E-state index in [-0.39, 0.29) is 18.3 Å². The number of hydrogen-bond acceptors (Lipinski definition) is 3. The molecule has 0 spiro atoms. The molecule has 4 nitrogen and oxygen atoms in total.